The number of nitrogens with two attached hydrogens (primary N) is 1. The number of methoxy groups -OCH3 is 1. The van der Waals surface area contributed by atoms with Crippen molar-refractivity contribution in [1.29, 1.82) is 0 Å². The average Bonchev–Trinajstić information content (AvgIpc) is 2.22. The van der Waals surface area contributed by atoms with Crippen LogP contribution in [0.2, 0.25) is 0 Å². The fourth-order valence-electron chi connectivity index (χ4n) is 1.43. The normalized spacial score (nSPS) is 14.7. The number of carbonyl (C=O) groups is 1. The summed E-state index contributed by atoms with van der Waals surface area (Å²) in [5.74, 6) is -0.513. The van der Waals surface area contributed by atoms with Gasteiger partial charge in [-0.1, -0.05) is 13.0 Å². The van der Waals surface area contributed by atoms with E-state index >= 15 is 0 Å². The van der Waals surface area contributed by atoms with Crippen molar-refractivity contribution >= 4 is 5.91 Å². The van der Waals surface area contributed by atoms with Crippen LogP contribution in [0.25, 0.3) is 0 Å². The summed E-state index contributed by atoms with van der Waals surface area (Å²) >= 11 is 0. The molecule has 1 unspecified atom stereocenters. The number of hydrogen-bond acceptors (Lipinski definition) is 3. The Morgan fingerprint density at radius 1 is 1.64 bits per heavy atom. The van der Waals surface area contributed by atoms with Crippen LogP contribution in [-0.4, -0.2) is 18.0 Å². The summed E-state index contributed by atoms with van der Waals surface area (Å²) in [6.07, 6.45) is 2.08. The first-order valence-corrected chi connectivity index (χ1v) is 4.44. The van der Waals surface area contributed by atoms with Gasteiger partial charge in [0.15, 0.2) is 5.60 Å². The molecule has 0 aliphatic heterocycles. The maximum atomic E-state index is 11.3. The first-order valence-electron chi connectivity index (χ1n) is 4.44. The maximum absolute atomic E-state index is 11.3. The van der Waals surface area contributed by atoms with Crippen molar-refractivity contribution < 1.29 is 9.53 Å². The zero-order valence-corrected chi connectivity index (χ0v) is 8.36. The molecule has 2 N–H and O–H groups in total. The van der Waals surface area contributed by atoms with Crippen molar-refractivity contribution in [2.24, 2.45) is 5.73 Å². The van der Waals surface area contributed by atoms with E-state index in [0.717, 1.165) is 0 Å². The van der Waals surface area contributed by atoms with Crippen molar-refractivity contribution in [3.63, 3.8) is 0 Å². The van der Waals surface area contributed by atoms with Crippen LogP contribution in [-0.2, 0) is 15.1 Å². The Balaban J connectivity index is 3.18. The predicted molar refractivity (Wildman–Crippen MR) is 52.4 cm³/mol. The Morgan fingerprint density at radius 2 is 2.36 bits per heavy atom. The third-order valence-electron chi connectivity index (χ3n) is 2.32. The molecular weight excluding hydrogens is 180 g/mol. The molecule has 1 heterocycles. The molecule has 1 aromatic rings. The van der Waals surface area contributed by atoms with Crippen molar-refractivity contribution in [3.8, 4) is 0 Å². The molecule has 0 aliphatic carbocycles. The lowest BCUT2D eigenvalue weighted by Gasteiger charge is -2.26. The molecule has 1 rings (SSSR count). The Hall–Kier alpha value is -1.42. The van der Waals surface area contributed by atoms with Crippen molar-refractivity contribution in [3.05, 3.63) is 30.1 Å². The predicted octanol–water partition coefficient (Wildman–Crippen LogP) is 0.819. The molecule has 0 aromatic carbocycles. The van der Waals surface area contributed by atoms with E-state index < -0.39 is 11.5 Å². The van der Waals surface area contributed by atoms with E-state index in [9.17, 15) is 4.79 Å². The smallest absolute Gasteiger partial charge is 0.255 e. The molecule has 76 valence electrons. The van der Waals surface area contributed by atoms with Gasteiger partial charge in [0, 0.05) is 13.3 Å². The molecule has 4 heteroatoms. The van der Waals surface area contributed by atoms with Gasteiger partial charge in [0.05, 0.1) is 5.69 Å². The summed E-state index contributed by atoms with van der Waals surface area (Å²) in [5, 5.41) is 0. The van der Waals surface area contributed by atoms with Gasteiger partial charge in [0.25, 0.3) is 5.91 Å². The molecule has 4 nitrogen and oxygen atoms in total. The van der Waals surface area contributed by atoms with Crippen LogP contribution in [0.5, 0.6) is 0 Å². The van der Waals surface area contributed by atoms with E-state index in [1.165, 1.54) is 7.11 Å². The number of ether oxygens (including phenoxy) is 1. The summed E-state index contributed by atoms with van der Waals surface area (Å²) in [6.45, 7) is 1.84. The van der Waals surface area contributed by atoms with Crippen LogP contribution in [0.3, 0.4) is 0 Å². The minimum Gasteiger partial charge on any atom is -0.367 e. The van der Waals surface area contributed by atoms with E-state index in [1.807, 2.05) is 6.92 Å². The highest BCUT2D eigenvalue weighted by Gasteiger charge is 2.38. The highest BCUT2D eigenvalue weighted by Crippen LogP contribution is 2.26. The number of nitrogens with zero attached hydrogens (tertiary/aromatic N) is 1. The minimum atomic E-state index is -1.10. The Morgan fingerprint density at radius 3 is 2.71 bits per heavy atom. The first kappa shape index (κ1) is 10.7. The number of primary amides is 1. The number of pyridine rings is 1. The fourth-order valence-corrected chi connectivity index (χ4v) is 1.43. The third kappa shape index (κ3) is 1.61. The molecule has 0 radical (unpaired) electrons. The van der Waals surface area contributed by atoms with E-state index in [0.29, 0.717) is 12.1 Å². The third-order valence-corrected chi connectivity index (χ3v) is 2.32. The summed E-state index contributed by atoms with van der Waals surface area (Å²) in [5.41, 5.74) is 4.78. The van der Waals surface area contributed by atoms with Crippen LogP contribution >= 0.6 is 0 Å². The molecule has 0 spiro atoms. The lowest BCUT2D eigenvalue weighted by molar-refractivity contribution is -0.142. The minimum absolute atomic E-state index is 0.468. The topological polar surface area (TPSA) is 65.2 Å². The SMILES string of the molecule is CCC(OC)(C(N)=O)c1ccccn1. The van der Waals surface area contributed by atoms with Gasteiger partial charge in [-0.25, -0.2) is 0 Å². The molecule has 0 aliphatic rings. The van der Waals surface area contributed by atoms with Gasteiger partial charge in [-0.15, -0.1) is 0 Å². The van der Waals surface area contributed by atoms with Gasteiger partial charge in [-0.3, -0.25) is 9.78 Å². The molecule has 0 saturated heterocycles. The van der Waals surface area contributed by atoms with Crippen molar-refractivity contribution in [2.75, 3.05) is 7.11 Å². The molecule has 14 heavy (non-hydrogen) atoms. The maximum Gasteiger partial charge on any atom is 0.255 e. The molecule has 0 saturated carbocycles. The molecule has 1 aromatic heterocycles. The van der Waals surface area contributed by atoms with Gasteiger partial charge in [-0.05, 0) is 18.6 Å². The van der Waals surface area contributed by atoms with E-state index in [4.69, 9.17) is 10.5 Å². The summed E-state index contributed by atoms with van der Waals surface area (Å²) in [4.78, 5) is 15.4. The van der Waals surface area contributed by atoms with Gasteiger partial charge in [0.1, 0.15) is 0 Å². The molecule has 1 atom stereocenters. The van der Waals surface area contributed by atoms with Crippen LogP contribution in [0.4, 0.5) is 0 Å². The van der Waals surface area contributed by atoms with Gasteiger partial charge in [-0.2, -0.15) is 0 Å². The van der Waals surface area contributed by atoms with E-state index in [-0.39, 0.29) is 0 Å². The largest absolute Gasteiger partial charge is 0.367 e. The molecule has 1 amide bonds. The molecular formula is C10H14N2O2. The highest BCUT2D eigenvalue weighted by atomic mass is 16.5. The summed E-state index contributed by atoms with van der Waals surface area (Å²) in [7, 11) is 1.46. The van der Waals surface area contributed by atoms with E-state index in [1.54, 1.807) is 24.4 Å². The van der Waals surface area contributed by atoms with Crippen LogP contribution < -0.4 is 5.73 Å². The Bertz CT molecular complexity index is 307. The quantitative estimate of drug-likeness (QED) is 0.771. The average molecular weight is 194 g/mol. The fraction of sp³-hybridized carbons (Fsp3) is 0.400. The number of carbonyl (C=O) groups excluding carboxylic acids is 1. The standard InChI is InChI=1S/C10H14N2O2/c1-3-10(14-2,9(11)13)8-6-4-5-7-12-8/h4-7H,3H2,1-2H3,(H2,11,13). The zero-order valence-electron chi connectivity index (χ0n) is 8.36. The van der Waals surface area contributed by atoms with Crippen LogP contribution in [0, 0.1) is 0 Å². The second kappa shape index (κ2) is 4.19. The summed E-state index contributed by atoms with van der Waals surface area (Å²) in [6, 6.07) is 5.31. The van der Waals surface area contributed by atoms with Gasteiger partial charge < -0.3 is 10.5 Å². The molecule has 0 bridgehead atoms. The number of aromatic nitrogens is 1. The number of hydrogen-bond donors (Lipinski definition) is 1. The van der Waals surface area contributed by atoms with Gasteiger partial charge >= 0.3 is 0 Å². The van der Waals surface area contributed by atoms with Crippen molar-refractivity contribution in [2.45, 2.75) is 18.9 Å². The Labute approximate surface area is 83.1 Å². The lowest BCUT2D eigenvalue weighted by atomic mass is 9.95. The second-order valence-corrected chi connectivity index (χ2v) is 2.96. The highest BCUT2D eigenvalue weighted by molar-refractivity contribution is 5.84. The molecule has 0 fully saturated rings. The second-order valence-electron chi connectivity index (χ2n) is 2.96. The zero-order chi connectivity index (χ0) is 10.6. The number of rotatable bonds is 4. The van der Waals surface area contributed by atoms with Crippen molar-refractivity contribution in [1.82, 2.24) is 4.98 Å². The lowest BCUT2D eigenvalue weighted by Crippen LogP contribution is -2.43. The Kier molecular flexibility index (Phi) is 3.19. The van der Waals surface area contributed by atoms with Gasteiger partial charge in [0.2, 0.25) is 0 Å². The number of amides is 1. The summed E-state index contributed by atoms with van der Waals surface area (Å²) < 4.78 is 5.20. The monoisotopic (exact) mass is 194 g/mol. The van der Waals surface area contributed by atoms with Crippen LogP contribution in [0.15, 0.2) is 24.4 Å². The first-order chi connectivity index (χ1) is 6.67. The van der Waals surface area contributed by atoms with E-state index in [2.05, 4.69) is 4.98 Å². The van der Waals surface area contributed by atoms with Crippen LogP contribution in [0.1, 0.15) is 19.0 Å².